The minimum Gasteiger partial charge on any atom is -0.496 e. The summed E-state index contributed by atoms with van der Waals surface area (Å²) in [6, 6.07) is 17.1. The molecule has 1 N–H and O–H groups in total. The lowest BCUT2D eigenvalue weighted by Gasteiger charge is -2.26. The molecule has 2 heterocycles. The zero-order chi connectivity index (χ0) is 27.4. The number of likely N-dealkylation sites (N-methyl/N-ethyl adjacent to an activating group) is 1. The van der Waals surface area contributed by atoms with Gasteiger partial charge in [0.15, 0.2) is 11.2 Å². The van der Waals surface area contributed by atoms with E-state index in [1.807, 2.05) is 48.5 Å². The second-order valence-corrected chi connectivity index (χ2v) is 11.8. The Morgan fingerprint density at radius 1 is 1.16 bits per heavy atom. The Kier molecular flexibility index (Phi) is 8.30. The van der Waals surface area contributed by atoms with Gasteiger partial charge < -0.3 is 19.5 Å². The van der Waals surface area contributed by atoms with Gasteiger partial charge in [-0.2, -0.15) is 5.10 Å². The van der Waals surface area contributed by atoms with Crippen LogP contribution in [0.3, 0.4) is 0 Å². The van der Waals surface area contributed by atoms with Gasteiger partial charge in [0, 0.05) is 42.7 Å². The average Bonchev–Trinajstić information content (AvgIpc) is 3.28. The van der Waals surface area contributed by atoms with E-state index >= 15 is 0 Å². The van der Waals surface area contributed by atoms with Crippen LogP contribution >= 0.6 is 0 Å². The van der Waals surface area contributed by atoms with Crippen LogP contribution in [-0.4, -0.2) is 76.4 Å². The number of methoxy groups -OCH3 is 1. The molecular weight excluding hydrogens is 500 g/mol. The molecule has 0 aliphatic carbocycles. The summed E-state index contributed by atoms with van der Waals surface area (Å²) < 4.78 is 13.3. The van der Waals surface area contributed by atoms with Crippen molar-refractivity contribution in [2.75, 3.05) is 39.8 Å². The molecule has 0 spiro atoms. The summed E-state index contributed by atoms with van der Waals surface area (Å²) in [5.74, 6) is 5.31. The molecule has 38 heavy (non-hydrogen) atoms. The molecule has 0 bridgehead atoms. The SMILES string of the molecule is C=[SH+](C)CCOCn1nc(-c2ccccc2OC)c2cc(-c3cccc(C(C)(O)C(=O)N(C)C)c3)cnc21. The molecule has 2 aromatic carbocycles. The highest BCUT2D eigenvalue weighted by Gasteiger charge is 2.34. The minimum atomic E-state index is -1.66. The monoisotopic (exact) mass is 535 g/mol. The third-order valence-corrected chi connectivity index (χ3v) is 7.31. The number of pyridine rings is 1. The van der Waals surface area contributed by atoms with E-state index in [9.17, 15) is 9.90 Å². The topological polar surface area (TPSA) is 89.7 Å². The number of rotatable bonds is 10. The molecule has 8 nitrogen and oxygen atoms in total. The lowest BCUT2D eigenvalue weighted by molar-refractivity contribution is -0.147. The highest BCUT2D eigenvalue weighted by molar-refractivity contribution is 7.93. The van der Waals surface area contributed by atoms with Crippen molar-refractivity contribution in [3.05, 3.63) is 66.4 Å². The third kappa shape index (κ3) is 5.65. The standard InChI is InChI=1S/C29H34N4O4S/c1-29(35,28(34)32(2)3)22-11-9-10-20(16-22)21-17-24-26(23-12-7-8-13-25(23)36-4)31-33(27(24)30-18-21)19-37-14-15-38(5)6/h7-13,16-18,35H,5,14-15,19H2,1-4,6H3/p+1. The molecule has 1 amide bonds. The first-order valence-corrected chi connectivity index (χ1v) is 14.4. The smallest absolute Gasteiger partial charge is 0.258 e. The van der Waals surface area contributed by atoms with Crippen molar-refractivity contribution in [3.8, 4) is 28.1 Å². The van der Waals surface area contributed by atoms with E-state index in [4.69, 9.17) is 19.6 Å². The Morgan fingerprint density at radius 3 is 2.63 bits per heavy atom. The van der Waals surface area contributed by atoms with Gasteiger partial charge in [0.1, 0.15) is 18.2 Å². The van der Waals surface area contributed by atoms with Gasteiger partial charge in [-0.15, -0.1) is 10.5 Å². The first kappa shape index (κ1) is 27.5. The molecule has 0 aliphatic heterocycles. The van der Waals surface area contributed by atoms with Crippen LogP contribution in [0.4, 0.5) is 0 Å². The maximum Gasteiger partial charge on any atom is 0.258 e. The summed E-state index contributed by atoms with van der Waals surface area (Å²) in [5.41, 5.74) is 2.77. The number of carbonyl (C=O) groups is 1. The predicted octanol–water partition coefficient (Wildman–Crippen LogP) is 3.46. The zero-order valence-electron chi connectivity index (χ0n) is 22.5. The lowest BCUT2D eigenvalue weighted by atomic mass is 9.91. The van der Waals surface area contributed by atoms with E-state index in [-0.39, 0.29) is 17.2 Å². The van der Waals surface area contributed by atoms with Crippen LogP contribution in [-0.2, 0) is 32.3 Å². The van der Waals surface area contributed by atoms with Crippen LogP contribution in [0.25, 0.3) is 33.4 Å². The van der Waals surface area contributed by atoms with Gasteiger partial charge in [-0.25, -0.2) is 9.67 Å². The maximum atomic E-state index is 12.6. The largest absolute Gasteiger partial charge is 0.496 e. The molecule has 0 radical (unpaired) electrons. The van der Waals surface area contributed by atoms with Crippen LogP contribution in [0.2, 0.25) is 0 Å². The first-order chi connectivity index (χ1) is 18.1. The van der Waals surface area contributed by atoms with Crippen molar-refractivity contribution in [1.29, 1.82) is 0 Å². The number of nitrogens with zero attached hydrogens (tertiary/aromatic N) is 4. The number of ether oxygens (including phenoxy) is 2. The predicted molar refractivity (Wildman–Crippen MR) is 156 cm³/mol. The lowest BCUT2D eigenvalue weighted by Crippen LogP contribution is -2.41. The molecule has 9 heteroatoms. The Balaban J connectivity index is 1.80. The van der Waals surface area contributed by atoms with Crippen LogP contribution in [0.15, 0.2) is 60.8 Å². The summed E-state index contributed by atoms with van der Waals surface area (Å²) in [4.78, 5) is 18.8. The number of aliphatic hydroxyl groups is 1. The van der Waals surface area contributed by atoms with E-state index in [1.165, 1.54) is 11.8 Å². The molecule has 0 fully saturated rings. The van der Waals surface area contributed by atoms with Crippen molar-refractivity contribution >= 4 is 33.3 Å². The second kappa shape index (κ2) is 11.5. The van der Waals surface area contributed by atoms with Crippen molar-refractivity contribution in [2.24, 2.45) is 0 Å². The number of hydrogen-bond acceptors (Lipinski definition) is 6. The average molecular weight is 536 g/mol. The van der Waals surface area contributed by atoms with Gasteiger partial charge in [0.05, 0.1) is 25.7 Å². The Morgan fingerprint density at radius 2 is 1.92 bits per heavy atom. The van der Waals surface area contributed by atoms with Gasteiger partial charge >= 0.3 is 0 Å². The highest BCUT2D eigenvalue weighted by Crippen LogP contribution is 2.36. The second-order valence-electron chi connectivity index (χ2n) is 9.61. The molecule has 4 aromatic rings. The van der Waals surface area contributed by atoms with Gasteiger partial charge in [-0.3, -0.25) is 4.79 Å². The summed E-state index contributed by atoms with van der Waals surface area (Å²) in [6.45, 7) is 2.38. The molecule has 0 saturated carbocycles. The first-order valence-electron chi connectivity index (χ1n) is 12.3. The van der Waals surface area contributed by atoms with E-state index in [1.54, 1.807) is 38.2 Å². The Labute approximate surface area is 225 Å². The van der Waals surface area contributed by atoms with Gasteiger partial charge in [-0.1, -0.05) is 30.3 Å². The molecule has 200 valence electrons. The van der Waals surface area contributed by atoms with Gasteiger partial charge in [-0.05, 0) is 42.3 Å². The van der Waals surface area contributed by atoms with Crippen molar-refractivity contribution in [1.82, 2.24) is 19.7 Å². The molecule has 4 rings (SSSR count). The van der Waals surface area contributed by atoms with Crippen molar-refractivity contribution in [3.63, 3.8) is 0 Å². The molecule has 2 atom stereocenters. The fourth-order valence-corrected chi connectivity index (χ4v) is 4.72. The molecule has 0 aliphatic rings. The van der Waals surface area contributed by atoms with Crippen LogP contribution in [0.1, 0.15) is 12.5 Å². The number of carbonyl (C=O) groups excluding carboxylic acids is 1. The van der Waals surface area contributed by atoms with Crippen LogP contribution in [0.5, 0.6) is 5.75 Å². The van der Waals surface area contributed by atoms with Crippen molar-refractivity contribution < 1.29 is 19.4 Å². The van der Waals surface area contributed by atoms with Crippen LogP contribution in [0, 0.1) is 0 Å². The van der Waals surface area contributed by atoms with Gasteiger partial charge in [0.2, 0.25) is 0 Å². The minimum absolute atomic E-state index is 0.270. The van der Waals surface area contributed by atoms with Gasteiger partial charge in [0.25, 0.3) is 5.91 Å². The van der Waals surface area contributed by atoms with E-state index in [0.717, 1.165) is 33.5 Å². The number of amides is 1. The molecule has 2 unspecified atom stereocenters. The highest BCUT2D eigenvalue weighted by atomic mass is 32.2. The summed E-state index contributed by atoms with van der Waals surface area (Å²) in [6.07, 6.45) is 3.89. The summed E-state index contributed by atoms with van der Waals surface area (Å²) >= 11 is 0. The summed E-state index contributed by atoms with van der Waals surface area (Å²) in [5, 5.41) is 16.7. The zero-order valence-corrected chi connectivity index (χ0v) is 23.4. The Bertz CT molecular complexity index is 1480. The number of para-hydroxylation sites is 1. The molecular formula is C29H35N4O4S+. The quantitative estimate of drug-likeness (QED) is 0.145. The normalized spacial score (nSPS) is 13.7. The number of benzene rings is 2. The fraction of sp³-hybridized carbons (Fsp3) is 0.310. The van der Waals surface area contributed by atoms with E-state index < -0.39 is 11.5 Å². The Hall–Kier alpha value is -3.53. The molecule has 0 saturated heterocycles. The third-order valence-electron chi connectivity index (χ3n) is 6.36. The maximum absolute atomic E-state index is 12.6. The summed E-state index contributed by atoms with van der Waals surface area (Å²) in [7, 11) is 4.61. The number of thiol groups is 1. The number of hydrogen-bond donors (Lipinski definition) is 1. The van der Waals surface area contributed by atoms with E-state index in [2.05, 4.69) is 12.1 Å². The fourth-order valence-electron chi connectivity index (χ4n) is 4.28. The molecule has 2 aromatic heterocycles. The van der Waals surface area contributed by atoms with Crippen molar-refractivity contribution in [2.45, 2.75) is 19.3 Å². The number of aromatic nitrogens is 3. The van der Waals surface area contributed by atoms with E-state index in [0.29, 0.717) is 23.6 Å². The number of fused-ring (bicyclic) bond motifs is 1. The van der Waals surface area contributed by atoms with Crippen LogP contribution < -0.4 is 4.74 Å².